The molecule has 1 saturated carbocycles. The topological polar surface area (TPSA) is 38.3 Å². The molecule has 1 atom stereocenters. The highest BCUT2D eigenvalue weighted by Gasteiger charge is 2.47. The van der Waals surface area contributed by atoms with Crippen LogP contribution in [0, 0.1) is 5.92 Å². The van der Waals surface area contributed by atoms with Crippen LogP contribution in [0.1, 0.15) is 32.1 Å². The van der Waals surface area contributed by atoms with Crippen LogP contribution in [0.5, 0.6) is 0 Å². The molecule has 1 saturated heterocycles. The van der Waals surface area contributed by atoms with Gasteiger partial charge in [0.15, 0.2) is 0 Å². The molecular formula is C10H17NO2. The van der Waals surface area contributed by atoms with Crippen LogP contribution in [0.25, 0.3) is 0 Å². The summed E-state index contributed by atoms with van der Waals surface area (Å²) >= 11 is 0. The quantitative estimate of drug-likeness (QED) is 0.651. The molecule has 1 N–H and O–H groups in total. The standard InChI is InChI=1S/C10H17NO2/c1-13-9(12)7-8-3-6-11-10(8)4-2-5-10/h8,11H,2-7H2,1H3. The first-order chi connectivity index (χ1) is 6.27. The molecule has 0 aromatic heterocycles. The van der Waals surface area contributed by atoms with Crippen molar-refractivity contribution in [3.8, 4) is 0 Å². The molecule has 2 aliphatic rings. The molecule has 1 unspecified atom stereocenters. The summed E-state index contributed by atoms with van der Waals surface area (Å²) in [6, 6.07) is 0. The van der Waals surface area contributed by atoms with Crippen LogP contribution in [0.15, 0.2) is 0 Å². The Hall–Kier alpha value is -0.570. The van der Waals surface area contributed by atoms with Gasteiger partial charge in [-0.3, -0.25) is 4.79 Å². The SMILES string of the molecule is COC(=O)CC1CCNC12CCC2. The average molecular weight is 183 g/mol. The van der Waals surface area contributed by atoms with Gasteiger partial charge in [0.1, 0.15) is 0 Å². The van der Waals surface area contributed by atoms with Gasteiger partial charge in [0.25, 0.3) is 0 Å². The number of hydrogen-bond donors (Lipinski definition) is 1. The number of methoxy groups -OCH3 is 1. The molecule has 1 aliphatic heterocycles. The minimum atomic E-state index is -0.0556. The van der Waals surface area contributed by atoms with Crippen molar-refractivity contribution < 1.29 is 9.53 Å². The summed E-state index contributed by atoms with van der Waals surface area (Å²) in [5.41, 5.74) is 0.314. The zero-order valence-corrected chi connectivity index (χ0v) is 8.14. The van der Waals surface area contributed by atoms with Crippen LogP contribution in [0.2, 0.25) is 0 Å². The zero-order valence-electron chi connectivity index (χ0n) is 8.14. The Morgan fingerprint density at radius 2 is 2.38 bits per heavy atom. The second kappa shape index (κ2) is 3.29. The molecule has 2 rings (SSSR count). The van der Waals surface area contributed by atoms with Crippen LogP contribution in [0.4, 0.5) is 0 Å². The van der Waals surface area contributed by atoms with Crippen LogP contribution in [-0.4, -0.2) is 25.2 Å². The van der Waals surface area contributed by atoms with Crippen molar-refractivity contribution in [2.24, 2.45) is 5.92 Å². The third-order valence-electron chi connectivity index (χ3n) is 3.64. The molecule has 3 heteroatoms. The summed E-state index contributed by atoms with van der Waals surface area (Å²) in [6.07, 6.45) is 5.53. The largest absolute Gasteiger partial charge is 0.469 e. The summed E-state index contributed by atoms with van der Waals surface area (Å²) in [7, 11) is 1.47. The fourth-order valence-corrected chi connectivity index (χ4v) is 2.64. The first-order valence-electron chi connectivity index (χ1n) is 5.09. The van der Waals surface area contributed by atoms with Gasteiger partial charge in [-0.1, -0.05) is 0 Å². The van der Waals surface area contributed by atoms with E-state index in [9.17, 15) is 4.79 Å². The summed E-state index contributed by atoms with van der Waals surface area (Å²) in [4.78, 5) is 11.1. The highest BCUT2D eigenvalue weighted by Crippen LogP contribution is 2.44. The van der Waals surface area contributed by atoms with Crippen molar-refractivity contribution in [2.45, 2.75) is 37.6 Å². The summed E-state index contributed by atoms with van der Waals surface area (Å²) < 4.78 is 4.71. The Morgan fingerprint density at radius 1 is 1.62 bits per heavy atom. The van der Waals surface area contributed by atoms with Crippen molar-refractivity contribution in [3.05, 3.63) is 0 Å². The molecule has 0 radical (unpaired) electrons. The smallest absolute Gasteiger partial charge is 0.305 e. The van der Waals surface area contributed by atoms with E-state index in [-0.39, 0.29) is 5.97 Å². The van der Waals surface area contributed by atoms with Gasteiger partial charge >= 0.3 is 5.97 Å². The van der Waals surface area contributed by atoms with E-state index in [0.29, 0.717) is 17.9 Å². The predicted octanol–water partition coefficient (Wildman–Crippen LogP) is 1.08. The third kappa shape index (κ3) is 1.46. The lowest BCUT2D eigenvalue weighted by Gasteiger charge is -2.43. The van der Waals surface area contributed by atoms with Crippen LogP contribution < -0.4 is 5.32 Å². The van der Waals surface area contributed by atoms with Crippen molar-refractivity contribution >= 4 is 5.97 Å². The van der Waals surface area contributed by atoms with Gasteiger partial charge < -0.3 is 10.1 Å². The van der Waals surface area contributed by atoms with E-state index in [0.717, 1.165) is 13.0 Å². The maximum Gasteiger partial charge on any atom is 0.305 e. The van der Waals surface area contributed by atoms with Gasteiger partial charge in [-0.05, 0) is 38.1 Å². The molecule has 74 valence electrons. The lowest BCUT2D eigenvalue weighted by atomic mass is 9.68. The number of hydrogen-bond acceptors (Lipinski definition) is 3. The fraction of sp³-hybridized carbons (Fsp3) is 0.900. The molecule has 0 bridgehead atoms. The first kappa shape index (κ1) is 9.00. The van der Waals surface area contributed by atoms with Crippen LogP contribution in [0.3, 0.4) is 0 Å². The molecule has 13 heavy (non-hydrogen) atoms. The molecule has 0 amide bonds. The van der Waals surface area contributed by atoms with Crippen molar-refractivity contribution in [1.82, 2.24) is 5.32 Å². The van der Waals surface area contributed by atoms with Crippen LogP contribution >= 0.6 is 0 Å². The Kier molecular flexibility index (Phi) is 2.28. The van der Waals surface area contributed by atoms with E-state index < -0.39 is 0 Å². The molecule has 1 spiro atoms. The zero-order chi connectivity index (χ0) is 9.31. The Bertz CT molecular complexity index is 211. The monoisotopic (exact) mass is 183 g/mol. The molecule has 2 fully saturated rings. The Morgan fingerprint density at radius 3 is 2.92 bits per heavy atom. The molecule has 1 heterocycles. The second-order valence-corrected chi connectivity index (χ2v) is 4.20. The highest BCUT2D eigenvalue weighted by atomic mass is 16.5. The van der Waals surface area contributed by atoms with Gasteiger partial charge in [-0.15, -0.1) is 0 Å². The number of carbonyl (C=O) groups is 1. The van der Waals surface area contributed by atoms with Crippen molar-refractivity contribution in [1.29, 1.82) is 0 Å². The number of esters is 1. The number of rotatable bonds is 2. The lowest BCUT2D eigenvalue weighted by molar-refractivity contribution is -0.142. The highest BCUT2D eigenvalue weighted by molar-refractivity contribution is 5.69. The fourth-order valence-electron chi connectivity index (χ4n) is 2.64. The van der Waals surface area contributed by atoms with E-state index in [4.69, 9.17) is 4.74 Å². The molecule has 0 aromatic rings. The molecule has 1 aliphatic carbocycles. The van der Waals surface area contributed by atoms with Gasteiger partial charge in [0.2, 0.25) is 0 Å². The lowest BCUT2D eigenvalue weighted by Crippen LogP contribution is -2.51. The van der Waals surface area contributed by atoms with E-state index in [1.54, 1.807) is 0 Å². The third-order valence-corrected chi connectivity index (χ3v) is 3.64. The Balaban J connectivity index is 1.94. The van der Waals surface area contributed by atoms with Gasteiger partial charge in [-0.2, -0.15) is 0 Å². The van der Waals surface area contributed by atoms with E-state index in [2.05, 4.69) is 5.32 Å². The van der Waals surface area contributed by atoms with E-state index in [1.807, 2.05) is 0 Å². The minimum Gasteiger partial charge on any atom is -0.469 e. The summed E-state index contributed by atoms with van der Waals surface area (Å²) in [6.45, 7) is 1.07. The van der Waals surface area contributed by atoms with Crippen LogP contribution in [-0.2, 0) is 9.53 Å². The molecule has 0 aromatic carbocycles. The predicted molar refractivity (Wildman–Crippen MR) is 49.3 cm³/mol. The van der Waals surface area contributed by atoms with E-state index >= 15 is 0 Å². The normalized spacial score (nSPS) is 30.1. The minimum absolute atomic E-state index is 0.0556. The Labute approximate surface area is 78.8 Å². The summed E-state index contributed by atoms with van der Waals surface area (Å²) in [5.74, 6) is 0.466. The molecular weight excluding hydrogens is 166 g/mol. The van der Waals surface area contributed by atoms with E-state index in [1.165, 1.54) is 26.4 Å². The van der Waals surface area contributed by atoms with Gasteiger partial charge in [0, 0.05) is 5.54 Å². The second-order valence-electron chi connectivity index (χ2n) is 4.20. The van der Waals surface area contributed by atoms with Gasteiger partial charge in [-0.25, -0.2) is 0 Å². The maximum absolute atomic E-state index is 11.1. The maximum atomic E-state index is 11.1. The number of ether oxygens (including phenoxy) is 1. The number of nitrogens with one attached hydrogen (secondary N) is 1. The van der Waals surface area contributed by atoms with Crippen molar-refractivity contribution in [3.63, 3.8) is 0 Å². The van der Waals surface area contributed by atoms with Crippen molar-refractivity contribution in [2.75, 3.05) is 13.7 Å². The molecule has 3 nitrogen and oxygen atoms in total. The van der Waals surface area contributed by atoms with Gasteiger partial charge in [0.05, 0.1) is 13.5 Å². The first-order valence-corrected chi connectivity index (χ1v) is 5.09. The number of carbonyl (C=O) groups excluding carboxylic acids is 1. The average Bonchev–Trinajstić information content (AvgIpc) is 2.47. The summed E-state index contributed by atoms with van der Waals surface area (Å²) in [5, 5.41) is 3.54.